The van der Waals surface area contributed by atoms with Crippen molar-refractivity contribution in [2.45, 2.75) is 25.8 Å². The Balaban J connectivity index is 2.47. The van der Waals surface area contributed by atoms with E-state index in [1.165, 1.54) is 11.3 Å². The topological polar surface area (TPSA) is 12.0 Å². The first-order valence-corrected chi connectivity index (χ1v) is 4.14. The molecule has 0 unspecified atom stereocenters. The summed E-state index contributed by atoms with van der Waals surface area (Å²) in [7, 11) is 0. The molecule has 0 fully saturated rings. The van der Waals surface area contributed by atoms with Gasteiger partial charge >= 0.3 is 0 Å². The third-order valence-electron chi connectivity index (χ3n) is 2.58. The van der Waals surface area contributed by atoms with Gasteiger partial charge in [-0.15, -0.1) is 0 Å². The summed E-state index contributed by atoms with van der Waals surface area (Å²) in [6, 6.07) is 9.13. The summed E-state index contributed by atoms with van der Waals surface area (Å²) in [5.41, 5.74) is 2.77. The standard InChI is InChI=1S/C10H13N/c1-7-8(2)11-10-6-4-3-5-9(7)10/h3-8,11H,1-2H3/t7-,8-/m0/s1. The molecule has 0 bridgehead atoms. The van der Waals surface area contributed by atoms with Crippen LogP contribution in [-0.2, 0) is 0 Å². The van der Waals surface area contributed by atoms with Gasteiger partial charge in [0.15, 0.2) is 0 Å². The van der Waals surface area contributed by atoms with E-state index in [1.807, 2.05) is 0 Å². The van der Waals surface area contributed by atoms with Gasteiger partial charge in [-0.25, -0.2) is 0 Å². The van der Waals surface area contributed by atoms with Crippen LogP contribution in [0.3, 0.4) is 0 Å². The summed E-state index contributed by atoms with van der Waals surface area (Å²) in [6.07, 6.45) is 0. The van der Waals surface area contributed by atoms with Gasteiger partial charge in [0, 0.05) is 17.6 Å². The lowest BCUT2D eigenvalue weighted by Crippen LogP contribution is -2.12. The SMILES string of the molecule is C[C@@H]1Nc2ccccc2[C@H]1C. The fourth-order valence-electron chi connectivity index (χ4n) is 1.67. The van der Waals surface area contributed by atoms with Gasteiger partial charge in [-0.1, -0.05) is 25.1 Å². The summed E-state index contributed by atoms with van der Waals surface area (Å²) in [6.45, 7) is 4.49. The molecule has 1 aliphatic rings. The first-order chi connectivity index (χ1) is 5.29. The lowest BCUT2D eigenvalue weighted by Gasteiger charge is -2.08. The van der Waals surface area contributed by atoms with Crippen molar-refractivity contribution in [2.24, 2.45) is 0 Å². The number of hydrogen-bond donors (Lipinski definition) is 1. The number of benzene rings is 1. The zero-order valence-corrected chi connectivity index (χ0v) is 6.96. The van der Waals surface area contributed by atoms with Crippen molar-refractivity contribution in [3.63, 3.8) is 0 Å². The molecule has 0 spiro atoms. The Morgan fingerprint density at radius 2 is 1.91 bits per heavy atom. The molecule has 0 radical (unpaired) electrons. The normalized spacial score (nSPS) is 27.8. The maximum atomic E-state index is 3.45. The van der Waals surface area contributed by atoms with E-state index in [-0.39, 0.29) is 0 Å². The minimum absolute atomic E-state index is 0.590. The summed E-state index contributed by atoms with van der Waals surface area (Å²) >= 11 is 0. The molecule has 0 saturated carbocycles. The fraction of sp³-hybridized carbons (Fsp3) is 0.400. The summed E-state index contributed by atoms with van der Waals surface area (Å²) < 4.78 is 0. The van der Waals surface area contributed by atoms with Crippen LogP contribution in [-0.4, -0.2) is 6.04 Å². The van der Waals surface area contributed by atoms with Gasteiger partial charge in [0.25, 0.3) is 0 Å². The maximum absolute atomic E-state index is 3.45. The third-order valence-corrected chi connectivity index (χ3v) is 2.58. The highest BCUT2D eigenvalue weighted by molar-refractivity contribution is 5.58. The number of hydrogen-bond acceptors (Lipinski definition) is 1. The number of nitrogens with one attached hydrogen (secondary N) is 1. The number of rotatable bonds is 0. The lowest BCUT2D eigenvalue weighted by atomic mass is 9.99. The Hall–Kier alpha value is -0.980. The quantitative estimate of drug-likeness (QED) is 0.594. The van der Waals surface area contributed by atoms with E-state index in [9.17, 15) is 0 Å². The Labute approximate surface area is 67.4 Å². The van der Waals surface area contributed by atoms with Gasteiger partial charge < -0.3 is 5.32 Å². The van der Waals surface area contributed by atoms with E-state index < -0.39 is 0 Å². The molecule has 1 aromatic rings. The largest absolute Gasteiger partial charge is 0.382 e. The lowest BCUT2D eigenvalue weighted by molar-refractivity contribution is 0.690. The van der Waals surface area contributed by atoms with Gasteiger partial charge in [0.2, 0.25) is 0 Å². The van der Waals surface area contributed by atoms with Crippen LogP contribution in [0.2, 0.25) is 0 Å². The fourth-order valence-corrected chi connectivity index (χ4v) is 1.67. The van der Waals surface area contributed by atoms with E-state index in [4.69, 9.17) is 0 Å². The van der Waals surface area contributed by atoms with Crippen molar-refractivity contribution in [3.8, 4) is 0 Å². The maximum Gasteiger partial charge on any atom is 0.0378 e. The molecule has 2 atom stereocenters. The Morgan fingerprint density at radius 3 is 2.64 bits per heavy atom. The molecule has 1 aromatic carbocycles. The van der Waals surface area contributed by atoms with Crippen molar-refractivity contribution in [1.29, 1.82) is 0 Å². The van der Waals surface area contributed by atoms with Crippen LogP contribution in [0, 0.1) is 0 Å². The van der Waals surface area contributed by atoms with Crippen molar-refractivity contribution < 1.29 is 0 Å². The molecule has 0 aromatic heterocycles. The molecule has 0 amide bonds. The van der Waals surface area contributed by atoms with E-state index in [0.717, 1.165) is 0 Å². The van der Waals surface area contributed by atoms with Gasteiger partial charge in [-0.05, 0) is 18.6 Å². The second kappa shape index (κ2) is 2.26. The number of fused-ring (bicyclic) bond motifs is 1. The Kier molecular flexibility index (Phi) is 1.38. The first kappa shape index (κ1) is 6.71. The molecule has 58 valence electrons. The summed E-state index contributed by atoms with van der Waals surface area (Å²) in [5.74, 6) is 0.659. The Bertz CT molecular complexity index is 267. The molecular formula is C10H13N. The highest BCUT2D eigenvalue weighted by Gasteiger charge is 2.23. The highest BCUT2D eigenvalue weighted by Crippen LogP contribution is 2.34. The molecule has 1 heteroatoms. The predicted octanol–water partition coefficient (Wildman–Crippen LogP) is 2.60. The minimum atomic E-state index is 0.590. The summed E-state index contributed by atoms with van der Waals surface area (Å²) in [5, 5.41) is 3.45. The molecule has 1 nitrogen and oxygen atoms in total. The third kappa shape index (κ3) is 0.917. The van der Waals surface area contributed by atoms with Gasteiger partial charge in [-0.3, -0.25) is 0 Å². The molecule has 0 aliphatic carbocycles. The molecule has 1 N–H and O–H groups in total. The van der Waals surface area contributed by atoms with Crippen LogP contribution < -0.4 is 5.32 Å². The summed E-state index contributed by atoms with van der Waals surface area (Å²) in [4.78, 5) is 0. The first-order valence-electron chi connectivity index (χ1n) is 4.14. The Morgan fingerprint density at radius 1 is 1.18 bits per heavy atom. The molecule has 1 aliphatic heterocycles. The van der Waals surface area contributed by atoms with Gasteiger partial charge in [0.1, 0.15) is 0 Å². The number of para-hydroxylation sites is 1. The van der Waals surface area contributed by atoms with Crippen molar-refractivity contribution in [3.05, 3.63) is 29.8 Å². The van der Waals surface area contributed by atoms with E-state index in [1.54, 1.807) is 0 Å². The van der Waals surface area contributed by atoms with Crippen LogP contribution in [0.15, 0.2) is 24.3 Å². The highest BCUT2D eigenvalue weighted by atomic mass is 15.0. The van der Waals surface area contributed by atoms with Crippen LogP contribution in [0.1, 0.15) is 25.3 Å². The molecule has 2 rings (SSSR count). The molecule has 1 heterocycles. The average Bonchev–Trinajstić information content (AvgIpc) is 2.30. The van der Waals surface area contributed by atoms with Crippen LogP contribution in [0.4, 0.5) is 5.69 Å². The van der Waals surface area contributed by atoms with E-state index in [2.05, 4.69) is 43.4 Å². The monoisotopic (exact) mass is 147 g/mol. The second-order valence-electron chi connectivity index (χ2n) is 3.31. The van der Waals surface area contributed by atoms with Crippen LogP contribution in [0.25, 0.3) is 0 Å². The van der Waals surface area contributed by atoms with Gasteiger partial charge in [0.05, 0.1) is 0 Å². The average molecular weight is 147 g/mol. The molecular weight excluding hydrogens is 134 g/mol. The van der Waals surface area contributed by atoms with Gasteiger partial charge in [-0.2, -0.15) is 0 Å². The van der Waals surface area contributed by atoms with E-state index >= 15 is 0 Å². The van der Waals surface area contributed by atoms with Crippen LogP contribution >= 0.6 is 0 Å². The van der Waals surface area contributed by atoms with Crippen molar-refractivity contribution in [1.82, 2.24) is 0 Å². The molecule has 11 heavy (non-hydrogen) atoms. The molecule has 0 saturated heterocycles. The second-order valence-corrected chi connectivity index (χ2v) is 3.31. The van der Waals surface area contributed by atoms with Crippen molar-refractivity contribution >= 4 is 5.69 Å². The predicted molar refractivity (Wildman–Crippen MR) is 47.9 cm³/mol. The zero-order chi connectivity index (χ0) is 7.84. The number of anilines is 1. The smallest absolute Gasteiger partial charge is 0.0378 e. The van der Waals surface area contributed by atoms with E-state index in [0.29, 0.717) is 12.0 Å². The zero-order valence-electron chi connectivity index (χ0n) is 6.96. The minimum Gasteiger partial charge on any atom is -0.382 e. The van der Waals surface area contributed by atoms with Crippen LogP contribution in [0.5, 0.6) is 0 Å². The van der Waals surface area contributed by atoms with Crippen molar-refractivity contribution in [2.75, 3.05) is 5.32 Å².